The molecule has 4 unspecified atom stereocenters. The number of carboxylic acids is 3. The maximum Gasteiger partial charge on any atom is 0.326 e. The number of H-pyrrole nitrogens is 1. The second-order valence-electron chi connectivity index (χ2n) is 8.74. The predicted octanol–water partition coefficient (Wildman–Crippen LogP) is -0.764. The Bertz CT molecular complexity index is 1220. The highest BCUT2D eigenvalue weighted by Gasteiger charge is 2.30. The normalized spacial score (nSPS) is 14.0. The molecule has 1 heterocycles. The monoisotopic (exact) mass is 565 g/mol. The van der Waals surface area contributed by atoms with Gasteiger partial charge in [-0.15, -0.1) is 0 Å². The Balaban J connectivity index is 2.08. The molecule has 0 spiro atoms. The van der Waals surface area contributed by atoms with Gasteiger partial charge in [0.25, 0.3) is 0 Å². The van der Waals surface area contributed by atoms with Crippen LogP contribution in [0.1, 0.15) is 31.2 Å². The Morgan fingerprint density at radius 2 is 1.36 bits per heavy atom. The fourth-order valence-electron chi connectivity index (χ4n) is 3.71. The molecular formula is C24H31N5O9S. The van der Waals surface area contributed by atoms with Crippen molar-refractivity contribution in [2.45, 2.75) is 56.3 Å². The number of rotatable bonds is 16. The van der Waals surface area contributed by atoms with Crippen LogP contribution in [-0.4, -0.2) is 85.9 Å². The number of thiol groups is 1. The highest BCUT2D eigenvalue weighted by Crippen LogP contribution is 2.18. The average Bonchev–Trinajstić information content (AvgIpc) is 3.29. The smallest absolute Gasteiger partial charge is 0.326 e. The fraction of sp³-hybridized carbons (Fsp3) is 0.417. The van der Waals surface area contributed by atoms with Crippen molar-refractivity contribution in [1.82, 2.24) is 20.9 Å². The summed E-state index contributed by atoms with van der Waals surface area (Å²) in [5.41, 5.74) is 7.68. The van der Waals surface area contributed by atoms with E-state index in [1.54, 1.807) is 6.20 Å². The van der Waals surface area contributed by atoms with E-state index in [0.29, 0.717) is 0 Å². The maximum atomic E-state index is 12.9. The van der Waals surface area contributed by atoms with Crippen LogP contribution >= 0.6 is 12.6 Å². The molecule has 1 aromatic carbocycles. The molecule has 39 heavy (non-hydrogen) atoms. The SMILES string of the molecule is NC(Cc1c[nH]c2ccccc12)C(=O)NC(CCC(=O)O)C(=O)NC(CS)C(=O)NC(CCC(=O)O)C(=O)O. The Morgan fingerprint density at radius 1 is 0.821 bits per heavy atom. The standard InChI is InChI=1S/C24H31N5O9S/c25-14(9-12-10-26-15-4-2-1-3-13(12)15)21(34)27-16(5-7-19(30)31)22(35)29-18(11-39)23(36)28-17(24(37)38)6-8-20(32)33/h1-4,10,14,16-18,26,39H,5-9,11,25H2,(H,27,34)(H,28,36)(H,29,35)(H,30,31)(H,32,33)(H,37,38). The van der Waals surface area contributed by atoms with Crippen LogP contribution in [0.5, 0.6) is 0 Å². The number of aromatic amines is 1. The van der Waals surface area contributed by atoms with Gasteiger partial charge in [0.05, 0.1) is 6.04 Å². The summed E-state index contributed by atoms with van der Waals surface area (Å²) in [7, 11) is 0. The number of fused-ring (bicyclic) bond motifs is 1. The van der Waals surface area contributed by atoms with E-state index in [1.807, 2.05) is 24.3 Å². The molecule has 0 saturated heterocycles. The number of hydrogen-bond acceptors (Lipinski definition) is 8. The third-order valence-electron chi connectivity index (χ3n) is 5.81. The Kier molecular flexibility index (Phi) is 11.7. The third kappa shape index (κ3) is 9.61. The average molecular weight is 566 g/mol. The lowest BCUT2D eigenvalue weighted by Crippen LogP contribution is -2.57. The molecule has 0 aliphatic heterocycles. The zero-order valence-electron chi connectivity index (χ0n) is 20.8. The van der Waals surface area contributed by atoms with Crippen LogP contribution in [-0.2, 0) is 35.2 Å². The molecule has 2 rings (SSSR count). The zero-order chi connectivity index (χ0) is 29.1. The first-order valence-electron chi connectivity index (χ1n) is 11.9. The number of carbonyl (C=O) groups excluding carboxylic acids is 3. The highest BCUT2D eigenvalue weighted by molar-refractivity contribution is 7.80. The lowest BCUT2D eigenvalue weighted by atomic mass is 10.0. The molecule has 212 valence electrons. The van der Waals surface area contributed by atoms with Gasteiger partial charge in [-0.3, -0.25) is 24.0 Å². The molecule has 1 aromatic heterocycles. The third-order valence-corrected chi connectivity index (χ3v) is 6.17. The van der Waals surface area contributed by atoms with Gasteiger partial charge >= 0.3 is 17.9 Å². The number of benzene rings is 1. The van der Waals surface area contributed by atoms with Crippen molar-refractivity contribution in [3.8, 4) is 0 Å². The van der Waals surface area contributed by atoms with E-state index < -0.39 is 79.1 Å². The van der Waals surface area contributed by atoms with E-state index >= 15 is 0 Å². The molecule has 0 radical (unpaired) electrons. The van der Waals surface area contributed by atoms with Gasteiger partial charge < -0.3 is 42.0 Å². The first kappa shape index (κ1) is 31.1. The number of hydrogen-bond donors (Lipinski definition) is 9. The number of carbonyl (C=O) groups is 6. The van der Waals surface area contributed by atoms with Crippen LogP contribution in [0.2, 0.25) is 0 Å². The first-order valence-corrected chi connectivity index (χ1v) is 12.5. The summed E-state index contributed by atoms with van der Waals surface area (Å²) in [5.74, 6) is -6.80. The van der Waals surface area contributed by atoms with Gasteiger partial charge in [0.15, 0.2) is 0 Å². The van der Waals surface area contributed by atoms with Crippen LogP contribution in [0, 0.1) is 0 Å². The molecule has 0 aliphatic rings. The molecule has 3 amide bonds. The minimum absolute atomic E-state index is 0.123. The largest absolute Gasteiger partial charge is 0.481 e. The Labute approximate surface area is 228 Å². The second kappa shape index (κ2) is 14.7. The molecule has 15 heteroatoms. The molecular weight excluding hydrogens is 534 g/mol. The molecule has 2 aromatic rings. The Hall–Kier alpha value is -4.11. The number of nitrogens with one attached hydrogen (secondary N) is 4. The van der Waals surface area contributed by atoms with Gasteiger partial charge in [-0.1, -0.05) is 18.2 Å². The molecule has 0 fully saturated rings. The van der Waals surface area contributed by atoms with Crippen LogP contribution in [0.3, 0.4) is 0 Å². The minimum atomic E-state index is -1.53. The van der Waals surface area contributed by atoms with E-state index in [1.165, 1.54) is 0 Å². The van der Waals surface area contributed by atoms with Crippen molar-refractivity contribution in [2.24, 2.45) is 5.73 Å². The molecule has 14 nitrogen and oxygen atoms in total. The van der Waals surface area contributed by atoms with E-state index in [0.717, 1.165) is 16.5 Å². The van der Waals surface area contributed by atoms with Gasteiger partial charge in [-0.2, -0.15) is 12.6 Å². The quantitative estimate of drug-likeness (QED) is 0.115. The van der Waals surface area contributed by atoms with Crippen molar-refractivity contribution in [3.63, 3.8) is 0 Å². The summed E-state index contributed by atoms with van der Waals surface area (Å²) in [6.45, 7) is 0. The molecule has 0 aliphatic carbocycles. The van der Waals surface area contributed by atoms with E-state index in [2.05, 4.69) is 33.6 Å². The van der Waals surface area contributed by atoms with Crippen LogP contribution in [0.15, 0.2) is 30.5 Å². The minimum Gasteiger partial charge on any atom is -0.481 e. The molecule has 0 bridgehead atoms. The molecule has 0 saturated carbocycles. The summed E-state index contributed by atoms with van der Waals surface area (Å²) in [6, 6.07) is 2.03. The highest BCUT2D eigenvalue weighted by atomic mass is 32.1. The number of carboxylic acid groups (broad SMARTS) is 3. The van der Waals surface area contributed by atoms with Crippen molar-refractivity contribution >= 4 is 59.2 Å². The van der Waals surface area contributed by atoms with E-state index in [4.69, 9.17) is 15.9 Å². The van der Waals surface area contributed by atoms with Crippen molar-refractivity contribution < 1.29 is 44.1 Å². The van der Waals surface area contributed by atoms with Crippen molar-refractivity contribution in [3.05, 3.63) is 36.0 Å². The summed E-state index contributed by atoms with van der Waals surface area (Å²) in [4.78, 5) is 74.7. The van der Waals surface area contributed by atoms with Gasteiger partial charge in [0.1, 0.15) is 18.1 Å². The predicted molar refractivity (Wildman–Crippen MR) is 141 cm³/mol. The summed E-state index contributed by atoms with van der Waals surface area (Å²) >= 11 is 4.00. The van der Waals surface area contributed by atoms with Crippen molar-refractivity contribution in [2.75, 3.05) is 5.75 Å². The lowest BCUT2D eigenvalue weighted by molar-refractivity contribution is -0.143. The van der Waals surface area contributed by atoms with E-state index in [9.17, 15) is 33.9 Å². The number of aliphatic carboxylic acids is 3. The number of aromatic nitrogens is 1. The van der Waals surface area contributed by atoms with Crippen LogP contribution in [0.25, 0.3) is 10.9 Å². The van der Waals surface area contributed by atoms with E-state index in [-0.39, 0.29) is 18.6 Å². The molecule has 4 atom stereocenters. The maximum absolute atomic E-state index is 12.9. The van der Waals surface area contributed by atoms with Gasteiger partial charge in [0, 0.05) is 35.7 Å². The summed E-state index contributed by atoms with van der Waals surface area (Å²) in [5, 5.41) is 34.9. The fourth-order valence-corrected chi connectivity index (χ4v) is 3.97. The first-order chi connectivity index (χ1) is 18.4. The number of amides is 3. The Morgan fingerprint density at radius 3 is 1.95 bits per heavy atom. The topological polar surface area (TPSA) is 241 Å². The second-order valence-corrected chi connectivity index (χ2v) is 9.10. The zero-order valence-corrected chi connectivity index (χ0v) is 21.6. The molecule has 9 N–H and O–H groups in total. The van der Waals surface area contributed by atoms with Crippen LogP contribution < -0.4 is 21.7 Å². The van der Waals surface area contributed by atoms with Crippen LogP contribution in [0.4, 0.5) is 0 Å². The number of para-hydroxylation sites is 1. The van der Waals surface area contributed by atoms with Gasteiger partial charge in [-0.25, -0.2) is 4.79 Å². The number of nitrogens with two attached hydrogens (primary N) is 1. The van der Waals surface area contributed by atoms with Gasteiger partial charge in [-0.05, 0) is 30.9 Å². The van der Waals surface area contributed by atoms with Crippen molar-refractivity contribution in [1.29, 1.82) is 0 Å². The summed E-state index contributed by atoms with van der Waals surface area (Å²) in [6.07, 6.45) is 0.126. The summed E-state index contributed by atoms with van der Waals surface area (Å²) < 4.78 is 0. The lowest BCUT2D eigenvalue weighted by Gasteiger charge is -2.24. The van der Waals surface area contributed by atoms with Gasteiger partial charge in [0.2, 0.25) is 17.7 Å².